The van der Waals surface area contributed by atoms with Gasteiger partial charge in [-0.3, -0.25) is 14.7 Å². The largest absolute Gasteiger partial charge is 0.487 e. The molecular formula is C23H23FI2N2O2S. The Balaban J connectivity index is 1.85. The summed E-state index contributed by atoms with van der Waals surface area (Å²) in [6.07, 6.45) is 1.90. The van der Waals surface area contributed by atoms with Gasteiger partial charge in [-0.15, -0.1) is 0 Å². The van der Waals surface area contributed by atoms with Crippen LogP contribution in [0.3, 0.4) is 0 Å². The molecule has 0 spiro atoms. The lowest BCUT2D eigenvalue weighted by atomic mass is 10.2. The topological polar surface area (TPSA) is 41.9 Å². The van der Waals surface area contributed by atoms with Crippen molar-refractivity contribution in [2.75, 3.05) is 0 Å². The number of aliphatic imine (C=N–C) groups is 1. The van der Waals surface area contributed by atoms with E-state index in [4.69, 9.17) is 4.74 Å². The summed E-state index contributed by atoms with van der Waals surface area (Å²) in [6, 6.07) is 10.7. The van der Waals surface area contributed by atoms with Gasteiger partial charge in [0.2, 0.25) is 0 Å². The van der Waals surface area contributed by atoms with Gasteiger partial charge in [-0.1, -0.05) is 18.2 Å². The maximum atomic E-state index is 13.9. The fraction of sp³-hybridized carbons (Fsp3) is 0.304. The smallest absolute Gasteiger partial charge is 0.266 e. The van der Waals surface area contributed by atoms with Crippen LogP contribution in [0, 0.1) is 13.0 Å². The minimum Gasteiger partial charge on any atom is -0.487 e. The molecule has 2 aromatic rings. The highest BCUT2D eigenvalue weighted by Gasteiger charge is 2.35. The zero-order chi connectivity index (χ0) is 22.7. The molecule has 0 radical (unpaired) electrons. The van der Waals surface area contributed by atoms with Crippen molar-refractivity contribution in [3.8, 4) is 5.75 Å². The second-order valence-corrected chi connectivity index (χ2v) is 10.9. The lowest BCUT2D eigenvalue weighted by molar-refractivity contribution is -0.123. The first-order valence-electron chi connectivity index (χ1n) is 9.83. The number of benzene rings is 2. The van der Waals surface area contributed by atoms with Crippen LogP contribution in [0.4, 0.5) is 4.39 Å². The third-order valence-electron chi connectivity index (χ3n) is 4.37. The number of hydrogen-bond acceptors (Lipinski definition) is 4. The summed E-state index contributed by atoms with van der Waals surface area (Å²) in [7, 11) is 0. The number of carbonyl (C=O) groups is 1. The fourth-order valence-corrected chi connectivity index (χ4v) is 6.33. The molecule has 0 saturated carbocycles. The lowest BCUT2D eigenvalue weighted by Crippen LogP contribution is -2.35. The van der Waals surface area contributed by atoms with Crippen LogP contribution in [0.1, 0.15) is 38.8 Å². The molecule has 1 heterocycles. The number of ether oxygens (including phenoxy) is 1. The Morgan fingerprint density at radius 2 is 1.81 bits per heavy atom. The molecule has 0 aromatic heterocycles. The molecule has 31 heavy (non-hydrogen) atoms. The highest BCUT2D eigenvalue weighted by Crippen LogP contribution is 2.36. The Labute approximate surface area is 214 Å². The molecule has 1 aliphatic rings. The Morgan fingerprint density at radius 1 is 1.16 bits per heavy atom. The molecule has 0 bridgehead atoms. The minimum atomic E-state index is -0.279. The summed E-state index contributed by atoms with van der Waals surface area (Å²) < 4.78 is 21.6. The van der Waals surface area contributed by atoms with Crippen molar-refractivity contribution < 1.29 is 13.9 Å². The second-order valence-electron chi connectivity index (χ2n) is 7.58. The standard InChI is InChI=1S/C23H23FI2N2O2S/c1-13(2)27-23-28(14(3)4)22(29)20(31-23)11-15-9-18(25)21(19(26)10-15)30-12-16-7-5-6-8-17(16)24/h5-11,13-14H,12H2,1-4H3/b20-11+,27-23?. The quantitative estimate of drug-likeness (QED) is 0.255. The highest BCUT2D eigenvalue weighted by molar-refractivity contribution is 14.1. The number of nitrogens with zero attached hydrogens (tertiary/aromatic N) is 2. The van der Waals surface area contributed by atoms with Crippen molar-refractivity contribution in [3.63, 3.8) is 0 Å². The van der Waals surface area contributed by atoms with Crippen molar-refractivity contribution in [2.24, 2.45) is 4.99 Å². The maximum absolute atomic E-state index is 13.9. The predicted octanol–water partition coefficient (Wildman–Crippen LogP) is 6.70. The number of carbonyl (C=O) groups excluding carboxylic acids is 1. The monoisotopic (exact) mass is 664 g/mol. The molecule has 0 atom stereocenters. The van der Waals surface area contributed by atoms with Crippen LogP contribution in [0.2, 0.25) is 0 Å². The summed E-state index contributed by atoms with van der Waals surface area (Å²) in [5.41, 5.74) is 1.43. The summed E-state index contributed by atoms with van der Waals surface area (Å²) in [5.74, 6) is 0.409. The molecule has 1 aliphatic heterocycles. The summed E-state index contributed by atoms with van der Waals surface area (Å²) in [6.45, 7) is 8.15. The van der Waals surface area contributed by atoms with Crippen LogP contribution in [-0.4, -0.2) is 28.1 Å². The minimum absolute atomic E-state index is 0.0238. The molecule has 3 rings (SSSR count). The zero-order valence-corrected chi connectivity index (χ0v) is 22.8. The van der Waals surface area contributed by atoms with Gasteiger partial charge < -0.3 is 4.74 Å². The zero-order valence-electron chi connectivity index (χ0n) is 17.7. The first kappa shape index (κ1) is 24.5. The number of thioether (sulfide) groups is 1. The van der Waals surface area contributed by atoms with Gasteiger partial charge in [0.05, 0.1) is 12.0 Å². The maximum Gasteiger partial charge on any atom is 0.266 e. The molecule has 1 fully saturated rings. The van der Waals surface area contributed by atoms with Crippen molar-refractivity contribution in [2.45, 2.75) is 46.4 Å². The number of amides is 1. The summed E-state index contributed by atoms with van der Waals surface area (Å²) >= 11 is 5.84. The Bertz CT molecular complexity index is 1030. The third-order valence-corrected chi connectivity index (χ3v) is 6.97. The average molecular weight is 664 g/mol. The molecule has 8 heteroatoms. The molecule has 2 aromatic carbocycles. The highest BCUT2D eigenvalue weighted by atomic mass is 127. The van der Waals surface area contributed by atoms with Crippen molar-refractivity contribution in [1.82, 2.24) is 4.90 Å². The van der Waals surface area contributed by atoms with Gasteiger partial charge in [0.25, 0.3) is 5.91 Å². The molecule has 1 saturated heterocycles. The van der Waals surface area contributed by atoms with Crippen LogP contribution < -0.4 is 4.74 Å². The van der Waals surface area contributed by atoms with Crippen molar-refractivity contribution in [1.29, 1.82) is 0 Å². The van der Waals surface area contributed by atoms with E-state index < -0.39 is 0 Å². The molecule has 0 unspecified atom stereocenters. The molecular weight excluding hydrogens is 641 g/mol. The van der Waals surface area contributed by atoms with E-state index in [-0.39, 0.29) is 30.4 Å². The van der Waals surface area contributed by atoms with E-state index in [1.54, 1.807) is 23.1 Å². The van der Waals surface area contributed by atoms with E-state index in [2.05, 4.69) is 50.2 Å². The number of amidine groups is 1. The summed E-state index contributed by atoms with van der Waals surface area (Å²) in [4.78, 5) is 20.0. The van der Waals surface area contributed by atoms with E-state index in [1.165, 1.54) is 17.8 Å². The van der Waals surface area contributed by atoms with Gasteiger partial charge >= 0.3 is 0 Å². The van der Waals surface area contributed by atoms with Crippen molar-refractivity contribution in [3.05, 3.63) is 65.4 Å². The van der Waals surface area contributed by atoms with Gasteiger partial charge in [-0.25, -0.2) is 4.39 Å². The molecule has 0 N–H and O–H groups in total. The van der Waals surface area contributed by atoms with E-state index >= 15 is 0 Å². The van der Waals surface area contributed by atoms with Crippen LogP contribution >= 0.6 is 56.9 Å². The predicted molar refractivity (Wildman–Crippen MR) is 143 cm³/mol. The Hall–Kier alpha value is -1.14. The van der Waals surface area contributed by atoms with E-state index in [1.807, 2.05) is 45.9 Å². The first-order chi connectivity index (χ1) is 14.7. The fourth-order valence-electron chi connectivity index (χ4n) is 2.97. The van der Waals surface area contributed by atoms with Gasteiger partial charge in [0.1, 0.15) is 18.2 Å². The Kier molecular flexibility index (Phi) is 8.42. The average Bonchev–Trinajstić information content (AvgIpc) is 2.96. The SMILES string of the molecule is CC(C)N=C1S/C(=C/c2cc(I)c(OCc3ccccc3F)c(I)c2)C(=O)N1C(C)C. The molecule has 0 aliphatic carbocycles. The van der Waals surface area contributed by atoms with E-state index in [9.17, 15) is 9.18 Å². The van der Waals surface area contributed by atoms with Gasteiger partial charge in [0.15, 0.2) is 5.17 Å². The van der Waals surface area contributed by atoms with Crippen molar-refractivity contribution >= 4 is 74.1 Å². The summed E-state index contributed by atoms with van der Waals surface area (Å²) in [5, 5.41) is 0.746. The van der Waals surface area contributed by atoms with E-state index in [0.717, 1.165) is 17.9 Å². The van der Waals surface area contributed by atoms with Crippen LogP contribution in [-0.2, 0) is 11.4 Å². The van der Waals surface area contributed by atoms with Crippen LogP contribution in [0.25, 0.3) is 6.08 Å². The van der Waals surface area contributed by atoms with Gasteiger partial charge in [-0.2, -0.15) is 0 Å². The van der Waals surface area contributed by atoms with Crippen LogP contribution in [0.15, 0.2) is 46.3 Å². The molecule has 1 amide bonds. The number of rotatable bonds is 6. The number of hydrogen-bond donors (Lipinski definition) is 0. The first-order valence-corrected chi connectivity index (χ1v) is 12.8. The van der Waals surface area contributed by atoms with Crippen LogP contribution in [0.5, 0.6) is 5.75 Å². The normalized spacial score (nSPS) is 16.9. The Morgan fingerprint density at radius 3 is 2.39 bits per heavy atom. The third kappa shape index (κ3) is 6.01. The second kappa shape index (κ2) is 10.7. The number of halogens is 3. The van der Waals surface area contributed by atoms with E-state index in [0.29, 0.717) is 16.2 Å². The lowest BCUT2D eigenvalue weighted by Gasteiger charge is -2.20. The molecule has 4 nitrogen and oxygen atoms in total. The van der Waals surface area contributed by atoms with Gasteiger partial charge in [-0.05, 0) is 114 Å². The van der Waals surface area contributed by atoms with Gasteiger partial charge in [0, 0.05) is 17.6 Å². The molecule has 164 valence electrons.